The Kier molecular flexibility index (Phi) is 5.63. The number of para-hydroxylation sites is 2. The van der Waals surface area contributed by atoms with E-state index in [1.54, 1.807) is 47.6 Å². The normalized spacial score (nSPS) is 16.2. The number of likely N-dealkylation sites (tertiary alicyclic amines) is 1. The van der Waals surface area contributed by atoms with E-state index < -0.39 is 6.04 Å². The Morgan fingerprint density at radius 3 is 2.92 bits per heavy atom. The standard InChI is InChI=1S/C20H21N3O3/c1-2-7-19(24)23-13-6-10-17(23)20(25)22-16-9-3-4-11-18(16)26-15-8-5-12-21-14-15/h2-5,8-9,11-12,14,17H,1,6-7,10,13H2,(H,22,25)/t17-/m1/s1. The van der Waals surface area contributed by atoms with Gasteiger partial charge in [-0.05, 0) is 37.1 Å². The molecule has 0 bridgehead atoms. The van der Waals surface area contributed by atoms with Crippen molar-refractivity contribution < 1.29 is 14.3 Å². The summed E-state index contributed by atoms with van der Waals surface area (Å²) in [5.74, 6) is 0.827. The van der Waals surface area contributed by atoms with Crippen LogP contribution in [0.5, 0.6) is 11.5 Å². The van der Waals surface area contributed by atoms with Gasteiger partial charge >= 0.3 is 0 Å². The highest BCUT2D eigenvalue weighted by Crippen LogP contribution is 2.30. The average molecular weight is 351 g/mol. The number of nitrogens with one attached hydrogen (secondary N) is 1. The summed E-state index contributed by atoms with van der Waals surface area (Å²) in [6.45, 7) is 4.19. The third-order valence-electron chi connectivity index (χ3n) is 4.20. The lowest BCUT2D eigenvalue weighted by Crippen LogP contribution is -2.43. The number of carbonyl (C=O) groups excluding carboxylic acids is 2. The van der Waals surface area contributed by atoms with E-state index in [9.17, 15) is 9.59 Å². The van der Waals surface area contributed by atoms with E-state index in [0.29, 0.717) is 30.2 Å². The number of anilines is 1. The van der Waals surface area contributed by atoms with Gasteiger partial charge in [0.2, 0.25) is 11.8 Å². The van der Waals surface area contributed by atoms with Gasteiger partial charge in [-0.2, -0.15) is 0 Å². The number of rotatable bonds is 6. The fourth-order valence-electron chi connectivity index (χ4n) is 2.99. The van der Waals surface area contributed by atoms with Crippen molar-refractivity contribution >= 4 is 17.5 Å². The molecule has 0 saturated carbocycles. The zero-order valence-electron chi connectivity index (χ0n) is 14.4. The highest BCUT2D eigenvalue weighted by Gasteiger charge is 2.33. The van der Waals surface area contributed by atoms with Crippen LogP contribution in [0.3, 0.4) is 0 Å². The Morgan fingerprint density at radius 1 is 1.31 bits per heavy atom. The smallest absolute Gasteiger partial charge is 0.247 e. The average Bonchev–Trinajstić information content (AvgIpc) is 3.14. The number of carbonyl (C=O) groups is 2. The summed E-state index contributed by atoms with van der Waals surface area (Å²) in [6.07, 6.45) is 6.53. The first-order valence-electron chi connectivity index (χ1n) is 8.57. The van der Waals surface area contributed by atoms with Crippen LogP contribution in [-0.4, -0.2) is 34.3 Å². The van der Waals surface area contributed by atoms with E-state index in [2.05, 4.69) is 16.9 Å². The van der Waals surface area contributed by atoms with Gasteiger partial charge in [-0.25, -0.2) is 0 Å². The fraction of sp³-hybridized carbons (Fsp3) is 0.250. The van der Waals surface area contributed by atoms with Crippen molar-refractivity contribution in [1.29, 1.82) is 0 Å². The number of pyridine rings is 1. The number of ether oxygens (including phenoxy) is 1. The second-order valence-electron chi connectivity index (χ2n) is 6.01. The highest BCUT2D eigenvalue weighted by atomic mass is 16.5. The van der Waals surface area contributed by atoms with Crippen LogP contribution in [0.25, 0.3) is 0 Å². The molecule has 1 aromatic heterocycles. The molecule has 2 aromatic rings. The minimum atomic E-state index is -0.464. The van der Waals surface area contributed by atoms with E-state index in [-0.39, 0.29) is 18.2 Å². The van der Waals surface area contributed by atoms with Gasteiger partial charge in [-0.3, -0.25) is 14.6 Å². The maximum absolute atomic E-state index is 12.7. The molecule has 134 valence electrons. The molecule has 1 aliphatic rings. The molecular formula is C20H21N3O3. The zero-order chi connectivity index (χ0) is 18.4. The summed E-state index contributed by atoms with van der Waals surface area (Å²) in [5, 5.41) is 2.90. The monoisotopic (exact) mass is 351 g/mol. The summed E-state index contributed by atoms with van der Waals surface area (Å²) in [5.41, 5.74) is 0.560. The minimum Gasteiger partial charge on any atom is -0.454 e. The van der Waals surface area contributed by atoms with Crippen LogP contribution in [-0.2, 0) is 9.59 Å². The predicted octanol–water partition coefficient (Wildman–Crippen LogP) is 3.38. The Hall–Kier alpha value is -3.15. The lowest BCUT2D eigenvalue weighted by molar-refractivity contribution is -0.135. The van der Waals surface area contributed by atoms with Gasteiger partial charge in [0, 0.05) is 19.2 Å². The Balaban J connectivity index is 1.73. The van der Waals surface area contributed by atoms with Crippen LogP contribution in [0.15, 0.2) is 61.4 Å². The number of amides is 2. The molecule has 2 heterocycles. The molecule has 1 fully saturated rings. The van der Waals surface area contributed by atoms with Gasteiger partial charge in [0.05, 0.1) is 11.9 Å². The first-order chi connectivity index (χ1) is 12.7. The number of hydrogen-bond acceptors (Lipinski definition) is 4. The van der Waals surface area contributed by atoms with E-state index in [1.807, 2.05) is 12.1 Å². The summed E-state index contributed by atoms with van der Waals surface area (Å²) in [4.78, 5) is 30.5. The van der Waals surface area contributed by atoms with Crippen molar-refractivity contribution in [2.75, 3.05) is 11.9 Å². The minimum absolute atomic E-state index is 0.0717. The number of hydrogen-bond donors (Lipinski definition) is 1. The highest BCUT2D eigenvalue weighted by molar-refractivity contribution is 5.98. The van der Waals surface area contributed by atoms with Crippen molar-refractivity contribution in [2.24, 2.45) is 0 Å². The second kappa shape index (κ2) is 8.29. The molecular weight excluding hydrogens is 330 g/mol. The lowest BCUT2D eigenvalue weighted by Gasteiger charge is -2.24. The molecule has 1 aromatic carbocycles. The third kappa shape index (κ3) is 4.08. The number of nitrogens with zero attached hydrogens (tertiary/aromatic N) is 2. The van der Waals surface area contributed by atoms with E-state index >= 15 is 0 Å². The van der Waals surface area contributed by atoms with E-state index in [0.717, 1.165) is 6.42 Å². The number of benzene rings is 1. The lowest BCUT2D eigenvalue weighted by atomic mass is 10.2. The molecule has 0 unspecified atom stereocenters. The zero-order valence-corrected chi connectivity index (χ0v) is 14.4. The van der Waals surface area contributed by atoms with Crippen molar-refractivity contribution in [3.63, 3.8) is 0 Å². The molecule has 1 N–H and O–H groups in total. The van der Waals surface area contributed by atoms with Gasteiger partial charge in [0.1, 0.15) is 11.8 Å². The molecule has 3 rings (SSSR count). The first kappa shape index (κ1) is 17.7. The number of aromatic nitrogens is 1. The molecule has 26 heavy (non-hydrogen) atoms. The Bertz CT molecular complexity index is 792. The summed E-state index contributed by atoms with van der Waals surface area (Å²) in [7, 11) is 0. The van der Waals surface area contributed by atoms with Crippen LogP contribution >= 0.6 is 0 Å². The Morgan fingerprint density at radius 2 is 2.15 bits per heavy atom. The molecule has 2 amide bonds. The van der Waals surface area contributed by atoms with Crippen molar-refractivity contribution in [2.45, 2.75) is 25.3 Å². The molecule has 0 aliphatic carbocycles. The van der Waals surface area contributed by atoms with Crippen LogP contribution < -0.4 is 10.1 Å². The van der Waals surface area contributed by atoms with Gasteiger partial charge in [0.25, 0.3) is 0 Å². The van der Waals surface area contributed by atoms with Gasteiger partial charge in [-0.15, -0.1) is 6.58 Å². The molecule has 0 radical (unpaired) electrons. The van der Waals surface area contributed by atoms with Gasteiger partial charge in [0.15, 0.2) is 5.75 Å². The van der Waals surface area contributed by atoms with Crippen molar-refractivity contribution in [3.8, 4) is 11.5 Å². The van der Waals surface area contributed by atoms with Gasteiger partial charge < -0.3 is 15.0 Å². The Labute approximate surface area is 152 Å². The molecule has 0 spiro atoms. The predicted molar refractivity (Wildman–Crippen MR) is 98.9 cm³/mol. The summed E-state index contributed by atoms with van der Waals surface area (Å²) in [6, 6.07) is 10.3. The van der Waals surface area contributed by atoms with E-state index in [4.69, 9.17) is 4.74 Å². The molecule has 1 atom stereocenters. The molecule has 1 saturated heterocycles. The first-order valence-corrected chi connectivity index (χ1v) is 8.57. The molecule has 6 nitrogen and oxygen atoms in total. The SMILES string of the molecule is C=CCC(=O)N1CCC[C@@H]1C(=O)Nc1ccccc1Oc1cccnc1. The second-order valence-corrected chi connectivity index (χ2v) is 6.01. The fourth-order valence-corrected chi connectivity index (χ4v) is 2.99. The third-order valence-corrected chi connectivity index (χ3v) is 4.20. The van der Waals surface area contributed by atoms with Crippen molar-refractivity contribution in [1.82, 2.24) is 9.88 Å². The van der Waals surface area contributed by atoms with Crippen LogP contribution in [0.1, 0.15) is 19.3 Å². The summed E-state index contributed by atoms with van der Waals surface area (Å²) < 4.78 is 5.81. The van der Waals surface area contributed by atoms with Crippen LogP contribution in [0.4, 0.5) is 5.69 Å². The van der Waals surface area contributed by atoms with E-state index in [1.165, 1.54) is 0 Å². The maximum atomic E-state index is 12.7. The quantitative estimate of drug-likeness (QED) is 0.810. The summed E-state index contributed by atoms with van der Waals surface area (Å²) >= 11 is 0. The van der Waals surface area contributed by atoms with Crippen molar-refractivity contribution in [3.05, 3.63) is 61.4 Å². The molecule has 6 heteroatoms. The van der Waals surface area contributed by atoms with Crippen LogP contribution in [0.2, 0.25) is 0 Å². The molecule has 1 aliphatic heterocycles. The largest absolute Gasteiger partial charge is 0.454 e. The topological polar surface area (TPSA) is 71.5 Å². The van der Waals surface area contributed by atoms with Crippen LogP contribution in [0, 0.1) is 0 Å². The maximum Gasteiger partial charge on any atom is 0.247 e. The van der Waals surface area contributed by atoms with Gasteiger partial charge in [-0.1, -0.05) is 18.2 Å².